The normalized spacial score (nSPS) is 11.1. The molecule has 0 unspecified atom stereocenters. The van der Waals surface area contributed by atoms with Crippen molar-refractivity contribution >= 4 is 44.2 Å². The smallest absolute Gasteiger partial charge is 0.209 e. The maximum atomic E-state index is 12.9. The summed E-state index contributed by atoms with van der Waals surface area (Å²) in [5.41, 5.74) is 3.50. The molecule has 0 aliphatic heterocycles. The maximum absolute atomic E-state index is 12.9. The van der Waals surface area contributed by atoms with Crippen LogP contribution in [0.4, 0.5) is 0 Å². The van der Waals surface area contributed by atoms with Crippen LogP contribution in [0.1, 0.15) is 28.5 Å². The second-order valence-corrected chi connectivity index (χ2v) is 6.57. The second-order valence-electron chi connectivity index (χ2n) is 5.22. The van der Waals surface area contributed by atoms with E-state index in [-0.39, 0.29) is 5.78 Å². The minimum Gasteiger partial charge on any atom is -0.338 e. The molecule has 4 heteroatoms. The molecule has 0 fully saturated rings. The maximum Gasteiger partial charge on any atom is 0.209 e. The highest BCUT2D eigenvalue weighted by atomic mass is 79.9. The average Bonchev–Trinajstić information content (AvgIpc) is 2.79. The van der Waals surface area contributed by atoms with Crippen molar-refractivity contribution in [1.82, 2.24) is 4.57 Å². The monoisotopic (exact) mass is 375 g/mol. The van der Waals surface area contributed by atoms with Gasteiger partial charge >= 0.3 is 0 Å². The van der Waals surface area contributed by atoms with E-state index in [0.29, 0.717) is 10.6 Å². The molecular formula is C18H15BrClNO. The van der Waals surface area contributed by atoms with E-state index in [9.17, 15) is 4.79 Å². The zero-order valence-electron chi connectivity index (χ0n) is 12.4. The summed E-state index contributed by atoms with van der Waals surface area (Å²) in [4.78, 5) is 12.9. The van der Waals surface area contributed by atoms with Gasteiger partial charge in [0.15, 0.2) is 0 Å². The van der Waals surface area contributed by atoms with Crippen LogP contribution in [0.2, 0.25) is 5.02 Å². The molecule has 0 amide bonds. The van der Waals surface area contributed by atoms with Crippen LogP contribution in [-0.2, 0) is 6.54 Å². The lowest BCUT2D eigenvalue weighted by Gasteiger charge is -2.08. The highest BCUT2D eigenvalue weighted by molar-refractivity contribution is 9.10. The van der Waals surface area contributed by atoms with Gasteiger partial charge in [0.05, 0.1) is 5.69 Å². The Hall–Kier alpha value is -1.58. The fourth-order valence-corrected chi connectivity index (χ4v) is 3.34. The van der Waals surface area contributed by atoms with Gasteiger partial charge in [-0.05, 0) is 61.9 Å². The van der Waals surface area contributed by atoms with Crippen molar-refractivity contribution in [2.24, 2.45) is 0 Å². The van der Waals surface area contributed by atoms with Crippen LogP contribution < -0.4 is 0 Å². The molecule has 3 rings (SSSR count). The summed E-state index contributed by atoms with van der Waals surface area (Å²) < 4.78 is 3.09. The Morgan fingerprint density at radius 3 is 2.50 bits per heavy atom. The van der Waals surface area contributed by atoms with E-state index in [1.807, 2.05) is 13.0 Å². The molecule has 2 nitrogen and oxygen atoms in total. The molecule has 0 aliphatic rings. The molecule has 0 bridgehead atoms. The largest absolute Gasteiger partial charge is 0.338 e. The third-order valence-electron chi connectivity index (χ3n) is 3.92. The van der Waals surface area contributed by atoms with E-state index in [1.165, 1.54) is 0 Å². The molecule has 0 saturated carbocycles. The highest BCUT2D eigenvalue weighted by Gasteiger charge is 2.20. The number of rotatable bonds is 3. The number of hydrogen-bond acceptors (Lipinski definition) is 1. The summed E-state index contributed by atoms with van der Waals surface area (Å²) in [6, 6.07) is 13.2. The van der Waals surface area contributed by atoms with Gasteiger partial charge in [0.25, 0.3) is 0 Å². The summed E-state index contributed by atoms with van der Waals surface area (Å²) in [5.74, 6) is 0.0309. The van der Waals surface area contributed by atoms with E-state index in [4.69, 9.17) is 11.6 Å². The van der Waals surface area contributed by atoms with Crippen LogP contribution in [0.15, 0.2) is 46.9 Å². The molecule has 1 aromatic heterocycles. The average molecular weight is 377 g/mol. The topological polar surface area (TPSA) is 22.0 Å². The van der Waals surface area contributed by atoms with Crippen LogP contribution in [-0.4, -0.2) is 10.4 Å². The fourth-order valence-electron chi connectivity index (χ4n) is 2.85. The van der Waals surface area contributed by atoms with Crippen LogP contribution in [0.25, 0.3) is 10.9 Å². The number of nitrogens with zero attached hydrogens (tertiary/aromatic N) is 1. The molecule has 1 heterocycles. The Bertz CT molecular complexity index is 865. The molecule has 0 atom stereocenters. The van der Waals surface area contributed by atoms with Gasteiger partial charge < -0.3 is 4.57 Å². The number of fused-ring (bicyclic) bond motifs is 1. The minimum absolute atomic E-state index is 0.0309. The number of aromatic nitrogens is 1. The third-order valence-corrected chi connectivity index (χ3v) is 4.66. The van der Waals surface area contributed by atoms with Crippen molar-refractivity contribution in [2.75, 3.05) is 0 Å². The Labute approximate surface area is 142 Å². The molecule has 2 aromatic carbocycles. The van der Waals surface area contributed by atoms with Gasteiger partial charge in [-0.15, -0.1) is 0 Å². The molecular weight excluding hydrogens is 362 g/mol. The minimum atomic E-state index is 0.0309. The number of carbonyl (C=O) groups excluding carboxylic acids is 1. The Morgan fingerprint density at radius 2 is 1.86 bits per heavy atom. The molecule has 0 radical (unpaired) electrons. The molecule has 0 spiro atoms. The number of halogens is 2. The lowest BCUT2D eigenvalue weighted by Crippen LogP contribution is -2.10. The first kappa shape index (κ1) is 15.3. The summed E-state index contributed by atoms with van der Waals surface area (Å²) >= 11 is 9.42. The van der Waals surface area contributed by atoms with Gasteiger partial charge in [-0.3, -0.25) is 4.79 Å². The Balaban J connectivity index is 2.23. The van der Waals surface area contributed by atoms with Crippen molar-refractivity contribution in [1.29, 1.82) is 0 Å². The fraction of sp³-hybridized carbons (Fsp3) is 0.167. The Kier molecular flexibility index (Phi) is 4.11. The summed E-state index contributed by atoms with van der Waals surface area (Å²) in [7, 11) is 0. The van der Waals surface area contributed by atoms with E-state index in [0.717, 1.165) is 33.2 Å². The molecule has 0 saturated heterocycles. The standard InChI is InChI=1S/C18H15BrClNO/c1-3-21-16-9-6-13(19)10-15(16)11(2)17(21)18(22)12-4-7-14(20)8-5-12/h4-10H,3H2,1-2H3. The second kappa shape index (κ2) is 5.90. The van der Waals surface area contributed by atoms with Gasteiger partial charge in [-0.25, -0.2) is 0 Å². The highest BCUT2D eigenvalue weighted by Crippen LogP contribution is 2.30. The first-order valence-corrected chi connectivity index (χ1v) is 8.28. The van der Waals surface area contributed by atoms with E-state index in [1.54, 1.807) is 24.3 Å². The Morgan fingerprint density at radius 1 is 1.18 bits per heavy atom. The predicted octanol–water partition coefficient (Wildman–Crippen LogP) is 5.62. The number of ketones is 1. The summed E-state index contributed by atoms with van der Waals surface area (Å²) in [6.45, 7) is 4.81. The number of hydrogen-bond donors (Lipinski definition) is 0. The lowest BCUT2D eigenvalue weighted by atomic mass is 10.0. The van der Waals surface area contributed by atoms with E-state index >= 15 is 0 Å². The molecule has 112 valence electrons. The molecule has 0 N–H and O–H groups in total. The predicted molar refractivity (Wildman–Crippen MR) is 94.9 cm³/mol. The van der Waals surface area contributed by atoms with Gasteiger partial charge in [0.2, 0.25) is 5.78 Å². The summed E-state index contributed by atoms with van der Waals surface area (Å²) in [6.07, 6.45) is 0. The van der Waals surface area contributed by atoms with Gasteiger partial charge in [0.1, 0.15) is 0 Å². The number of benzene rings is 2. The van der Waals surface area contributed by atoms with Gasteiger partial charge in [0, 0.05) is 32.5 Å². The summed E-state index contributed by atoms with van der Waals surface area (Å²) in [5, 5.41) is 1.74. The van der Waals surface area contributed by atoms with Crippen molar-refractivity contribution in [3.05, 3.63) is 68.8 Å². The number of carbonyl (C=O) groups is 1. The zero-order chi connectivity index (χ0) is 15.9. The molecule has 22 heavy (non-hydrogen) atoms. The quantitative estimate of drug-likeness (QED) is 0.544. The lowest BCUT2D eigenvalue weighted by molar-refractivity contribution is 0.103. The molecule has 3 aromatic rings. The van der Waals surface area contributed by atoms with Gasteiger partial charge in [-0.1, -0.05) is 27.5 Å². The van der Waals surface area contributed by atoms with E-state index < -0.39 is 0 Å². The van der Waals surface area contributed by atoms with Crippen molar-refractivity contribution in [2.45, 2.75) is 20.4 Å². The van der Waals surface area contributed by atoms with Crippen molar-refractivity contribution < 1.29 is 4.79 Å². The van der Waals surface area contributed by atoms with Crippen LogP contribution in [0, 0.1) is 6.92 Å². The van der Waals surface area contributed by atoms with Gasteiger partial charge in [-0.2, -0.15) is 0 Å². The van der Waals surface area contributed by atoms with Crippen LogP contribution in [0.5, 0.6) is 0 Å². The van der Waals surface area contributed by atoms with E-state index in [2.05, 4.69) is 39.6 Å². The molecule has 0 aliphatic carbocycles. The zero-order valence-corrected chi connectivity index (χ0v) is 14.7. The van der Waals surface area contributed by atoms with Crippen molar-refractivity contribution in [3.63, 3.8) is 0 Å². The third kappa shape index (κ3) is 2.49. The first-order chi connectivity index (χ1) is 10.5. The van der Waals surface area contributed by atoms with Crippen LogP contribution >= 0.6 is 27.5 Å². The number of aryl methyl sites for hydroxylation is 2. The SMILES string of the molecule is CCn1c(C(=O)c2ccc(Cl)cc2)c(C)c2cc(Br)ccc21. The first-order valence-electron chi connectivity index (χ1n) is 7.11. The van der Waals surface area contributed by atoms with Crippen LogP contribution in [0.3, 0.4) is 0 Å². The van der Waals surface area contributed by atoms with Crippen molar-refractivity contribution in [3.8, 4) is 0 Å².